The maximum Gasteiger partial charge on any atom is 0.238 e. The van der Waals surface area contributed by atoms with E-state index < -0.39 is 5.41 Å². The molecule has 124 valence electrons. The van der Waals surface area contributed by atoms with Crippen molar-refractivity contribution >= 4 is 11.8 Å². The molecule has 2 aliphatic heterocycles. The third-order valence-electron chi connectivity index (χ3n) is 5.82. The van der Waals surface area contributed by atoms with Gasteiger partial charge in [-0.05, 0) is 51.4 Å². The first-order valence-electron chi connectivity index (χ1n) is 9.29. The van der Waals surface area contributed by atoms with Crippen molar-refractivity contribution in [2.24, 2.45) is 5.41 Å². The largest absolute Gasteiger partial charge is 0.342 e. The molecule has 2 saturated heterocycles. The van der Waals surface area contributed by atoms with Crippen LogP contribution >= 0.6 is 0 Å². The molecule has 0 radical (unpaired) electrons. The Hall–Kier alpha value is -1.06. The SMILES string of the molecule is CCC1CCCCN1C(=O)C1(C(=O)N2CCCCCC2)CC1. The molecule has 0 bridgehead atoms. The standard InChI is InChI=1S/C18H30N2O2/c1-2-15-9-5-8-14-20(15)17(22)18(10-11-18)16(21)19-12-6-3-4-7-13-19/h15H,2-14H2,1H3. The lowest BCUT2D eigenvalue weighted by Gasteiger charge is -2.38. The van der Waals surface area contributed by atoms with Gasteiger partial charge in [-0.1, -0.05) is 19.8 Å². The summed E-state index contributed by atoms with van der Waals surface area (Å²) in [6.07, 6.45) is 10.6. The molecule has 2 heterocycles. The summed E-state index contributed by atoms with van der Waals surface area (Å²) in [5, 5.41) is 0. The van der Waals surface area contributed by atoms with Crippen LogP contribution in [0, 0.1) is 5.41 Å². The van der Waals surface area contributed by atoms with Crippen LogP contribution in [0.25, 0.3) is 0 Å². The van der Waals surface area contributed by atoms with Crippen LogP contribution in [0.3, 0.4) is 0 Å². The second kappa shape index (κ2) is 6.59. The van der Waals surface area contributed by atoms with Crippen LogP contribution in [0.4, 0.5) is 0 Å². The summed E-state index contributed by atoms with van der Waals surface area (Å²) in [6, 6.07) is 0.357. The van der Waals surface area contributed by atoms with E-state index in [-0.39, 0.29) is 11.8 Å². The molecule has 1 saturated carbocycles. The smallest absolute Gasteiger partial charge is 0.238 e. The zero-order chi connectivity index (χ0) is 15.6. The van der Waals surface area contributed by atoms with Gasteiger partial charge in [0.1, 0.15) is 5.41 Å². The Morgan fingerprint density at radius 3 is 2.14 bits per heavy atom. The molecule has 1 atom stereocenters. The first-order chi connectivity index (χ1) is 10.7. The lowest BCUT2D eigenvalue weighted by molar-refractivity contribution is -0.151. The molecule has 0 N–H and O–H groups in total. The summed E-state index contributed by atoms with van der Waals surface area (Å²) in [5.74, 6) is 0.285. The third kappa shape index (κ3) is 2.89. The van der Waals surface area contributed by atoms with Gasteiger partial charge in [-0.2, -0.15) is 0 Å². The van der Waals surface area contributed by atoms with Crippen LogP contribution in [-0.4, -0.2) is 47.3 Å². The van der Waals surface area contributed by atoms with Crippen molar-refractivity contribution in [2.75, 3.05) is 19.6 Å². The number of piperidine rings is 1. The highest BCUT2D eigenvalue weighted by atomic mass is 16.2. The molecule has 0 aromatic heterocycles. The fraction of sp³-hybridized carbons (Fsp3) is 0.889. The van der Waals surface area contributed by atoms with Crippen LogP contribution < -0.4 is 0 Å². The first kappa shape index (κ1) is 15.8. The normalized spacial score (nSPS) is 28.1. The van der Waals surface area contributed by atoms with E-state index in [4.69, 9.17) is 0 Å². The molecule has 0 aromatic rings. The van der Waals surface area contributed by atoms with Gasteiger partial charge in [0.05, 0.1) is 0 Å². The van der Waals surface area contributed by atoms with Gasteiger partial charge in [-0.15, -0.1) is 0 Å². The molecule has 22 heavy (non-hydrogen) atoms. The fourth-order valence-corrected chi connectivity index (χ4v) is 4.19. The Morgan fingerprint density at radius 2 is 1.55 bits per heavy atom. The van der Waals surface area contributed by atoms with Gasteiger partial charge in [0, 0.05) is 25.7 Å². The summed E-state index contributed by atoms with van der Waals surface area (Å²) in [6.45, 7) is 4.72. The van der Waals surface area contributed by atoms with Gasteiger partial charge in [0.2, 0.25) is 11.8 Å². The van der Waals surface area contributed by atoms with Crippen LogP contribution in [0.2, 0.25) is 0 Å². The summed E-state index contributed by atoms with van der Waals surface area (Å²) >= 11 is 0. The van der Waals surface area contributed by atoms with E-state index in [0.717, 1.165) is 64.6 Å². The van der Waals surface area contributed by atoms with Crippen molar-refractivity contribution in [3.63, 3.8) is 0 Å². The molecule has 3 rings (SSSR count). The number of carbonyl (C=O) groups is 2. The van der Waals surface area contributed by atoms with Crippen molar-refractivity contribution < 1.29 is 9.59 Å². The molecule has 1 aliphatic carbocycles. The van der Waals surface area contributed by atoms with Gasteiger partial charge < -0.3 is 9.80 Å². The Morgan fingerprint density at radius 1 is 0.909 bits per heavy atom. The number of likely N-dealkylation sites (tertiary alicyclic amines) is 2. The lowest BCUT2D eigenvalue weighted by atomic mass is 9.95. The number of rotatable bonds is 3. The average molecular weight is 306 g/mol. The number of hydrogen-bond donors (Lipinski definition) is 0. The quantitative estimate of drug-likeness (QED) is 0.752. The van der Waals surface area contributed by atoms with Gasteiger partial charge in [0.15, 0.2) is 0 Å². The monoisotopic (exact) mass is 306 g/mol. The van der Waals surface area contributed by atoms with Crippen LogP contribution in [0.1, 0.15) is 71.1 Å². The first-order valence-corrected chi connectivity index (χ1v) is 9.29. The molecule has 4 heteroatoms. The number of hydrogen-bond acceptors (Lipinski definition) is 2. The predicted octanol–water partition coefficient (Wildman–Crippen LogP) is 2.96. The highest BCUT2D eigenvalue weighted by molar-refractivity contribution is 6.08. The summed E-state index contributed by atoms with van der Waals surface area (Å²) in [5.41, 5.74) is -0.672. The summed E-state index contributed by atoms with van der Waals surface area (Å²) in [7, 11) is 0. The lowest BCUT2D eigenvalue weighted by Crippen LogP contribution is -2.51. The van der Waals surface area contributed by atoms with Crippen molar-refractivity contribution in [1.82, 2.24) is 9.80 Å². The fourth-order valence-electron chi connectivity index (χ4n) is 4.19. The van der Waals surface area contributed by atoms with E-state index in [1.165, 1.54) is 19.3 Å². The molecule has 0 spiro atoms. The highest BCUT2D eigenvalue weighted by Crippen LogP contribution is 2.50. The second-order valence-electron chi connectivity index (χ2n) is 7.34. The van der Waals surface area contributed by atoms with Gasteiger partial charge in [-0.25, -0.2) is 0 Å². The zero-order valence-corrected chi connectivity index (χ0v) is 14.0. The molecular weight excluding hydrogens is 276 g/mol. The topological polar surface area (TPSA) is 40.6 Å². The number of amides is 2. The number of nitrogens with zero attached hydrogens (tertiary/aromatic N) is 2. The molecule has 0 aromatic carbocycles. The summed E-state index contributed by atoms with van der Waals surface area (Å²) in [4.78, 5) is 30.1. The molecule has 4 nitrogen and oxygen atoms in total. The predicted molar refractivity (Wildman–Crippen MR) is 86.4 cm³/mol. The highest BCUT2D eigenvalue weighted by Gasteiger charge is 2.59. The van der Waals surface area contributed by atoms with Crippen LogP contribution in [-0.2, 0) is 9.59 Å². The van der Waals surface area contributed by atoms with E-state index in [1.807, 2.05) is 9.80 Å². The van der Waals surface area contributed by atoms with Crippen LogP contribution in [0.15, 0.2) is 0 Å². The van der Waals surface area contributed by atoms with Crippen molar-refractivity contribution in [2.45, 2.75) is 77.2 Å². The maximum atomic E-state index is 13.1. The van der Waals surface area contributed by atoms with E-state index in [2.05, 4.69) is 6.92 Å². The maximum absolute atomic E-state index is 13.1. The Kier molecular flexibility index (Phi) is 4.74. The molecule has 3 aliphatic rings. The molecule has 2 amide bonds. The van der Waals surface area contributed by atoms with Crippen LogP contribution in [0.5, 0.6) is 0 Å². The van der Waals surface area contributed by atoms with Crippen molar-refractivity contribution in [3.05, 3.63) is 0 Å². The minimum absolute atomic E-state index is 0.139. The minimum atomic E-state index is -0.672. The van der Waals surface area contributed by atoms with Gasteiger partial charge in [-0.3, -0.25) is 9.59 Å². The Labute approximate surface area is 134 Å². The number of carbonyl (C=O) groups excluding carboxylic acids is 2. The van der Waals surface area contributed by atoms with Gasteiger partial charge >= 0.3 is 0 Å². The Bertz CT molecular complexity index is 423. The van der Waals surface area contributed by atoms with Crippen molar-refractivity contribution in [1.29, 1.82) is 0 Å². The van der Waals surface area contributed by atoms with Gasteiger partial charge in [0.25, 0.3) is 0 Å². The van der Waals surface area contributed by atoms with E-state index in [9.17, 15) is 9.59 Å². The van der Waals surface area contributed by atoms with Crippen molar-refractivity contribution in [3.8, 4) is 0 Å². The average Bonchev–Trinajstić information content (AvgIpc) is 3.38. The minimum Gasteiger partial charge on any atom is -0.342 e. The van der Waals surface area contributed by atoms with E-state index in [1.54, 1.807) is 0 Å². The van der Waals surface area contributed by atoms with E-state index >= 15 is 0 Å². The molecule has 1 unspecified atom stereocenters. The summed E-state index contributed by atoms with van der Waals surface area (Å²) < 4.78 is 0. The third-order valence-corrected chi connectivity index (χ3v) is 5.82. The van der Waals surface area contributed by atoms with E-state index in [0.29, 0.717) is 6.04 Å². The second-order valence-corrected chi connectivity index (χ2v) is 7.34. The Balaban J connectivity index is 1.71. The molecular formula is C18H30N2O2. The zero-order valence-electron chi connectivity index (χ0n) is 14.0. The molecule has 3 fully saturated rings.